The van der Waals surface area contributed by atoms with E-state index in [1.165, 1.54) is 0 Å². The van der Waals surface area contributed by atoms with Crippen LogP contribution in [0.2, 0.25) is 0 Å². The number of amides is 1. The lowest BCUT2D eigenvalue weighted by Gasteiger charge is -2.24. The average Bonchev–Trinajstić information content (AvgIpc) is 2.62. The number of carbonyl (C=O) groups excluding carboxylic acids is 1. The zero-order valence-electron chi connectivity index (χ0n) is 16.8. The molecule has 5 N–H and O–H groups in total. The molecule has 1 aromatic carbocycles. The largest absolute Gasteiger partial charge is 0.490 e. The molecule has 2 rings (SSSR count). The molecule has 1 heterocycles. The Morgan fingerprint density at radius 1 is 1.21 bits per heavy atom. The summed E-state index contributed by atoms with van der Waals surface area (Å²) >= 11 is 0. The third-order valence-electron chi connectivity index (χ3n) is 3.68. The summed E-state index contributed by atoms with van der Waals surface area (Å²) in [5.41, 5.74) is 1.79. The van der Waals surface area contributed by atoms with Crippen molar-refractivity contribution >= 4 is 23.5 Å². The maximum absolute atomic E-state index is 11.4. The van der Waals surface area contributed by atoms with Crippen molar-refractivity contribution in [3.63, 3.8) is 0 Å². The van der Waals surface area contributed by atoms with Gasteiger partial charge in [-0.2, -0.15) is 0 Å². The molecule has 9 nitrogen and oxygen atoms in total. The first-order chi connectivity index (χ1) is 13.5. The molecule has 0 fully saturated rings. The Bertz CT molecular complexity index is 738. The van der Waals surface area contributed by atoms with E-state index in [1.807, 2.05) is 18.2 Å². The second kappa shape index (κ2) is 11.2. The van der Waals surface area contributed by atoms with E-state index in [9.17, 15) is 19.5 Å². The number of aliphatic hydroxyl groups is 1. The van der Waals surface area contributed by atoms with Crippen LogP contribution >= 0.6 is 0 Å². The SMILES string of the molecule is CC(C)(C)NCC(O)COc1cccc2c1CCC(=O)N2.O=C(O)/C=C\C(=O)O. The summed E-state index contributed by atoms with van der Waals surface area (Å²) in [6.45, 7) is 6.87. The number of aliphatic carboxylic acids is 2. The fourth-order valence-corrected chi connectivity index (χ4v) is 2.34. The minimum absolute atomic E-state index is 0.0306. The summed E-state index contributed by atoms with van der Waals surface area (Å²) in [5.74, 6) is -1.74. The highest BCUT2D eigenvalue weighted by Crippen LogP contribution is 2.31. The predicted octanol–water partition coefficient (Wildman–Crippen LogP) is 1.41. The molecule has 9 heteroatoms. The monoisotopic (exact) mass is 408 g/mol. The van der Waals surface area contributed by atoms with E-state index in [0.29, 0.717) is 31.5 Å². The molecule has 0 spiro atoms. The van der Waals surface area contributed by atoms with Crippen molar-refractivity contribution < 1.29 is 34.4 Å². The first-order valence-corrected chi connectivity index (χ1v) is 9.09. The van der Waals surface area contributed by atoms with E-state index in [2.05, 4.69) is 31.4 Å². The van der Waals surface area contributed by atoms with Gasteiger partial charge in [0.15, 0.2) is 0 Å². The Morgan fingerprint density at radius 2 is 1.83 bits per heavy atom. The fraction of sp³-hybridized carbons (Fsp3) is 0.450. The number of hydrogen-bond donors (Lipinski definition) is 5. The summed E-state index contributed by atoms with van der Waals surface area (Å²) in [4.78, 5) is 30.5. The van der Waals surface area contributed by atoms with Gasteiger partial charge in [0.05, 0.1) is 0 Å². The molecule has 1 aliphatic heterocycles. The molecule has 29 heavy (non-hydrogen) atoms. The van der Waals surface area contributed by atoms with Gasteiger partial charge in [-0.1, -0.05) is 6.07 Å². The van der Waals surface area contributed by atoms with Crippen molar-refractivity contribution in [2.45, 2.75) is 45.3 Å². The molecule has 160 valence electrons. The van der Waals surface area contributed by atoms with Crippen molar-refractivity contribution in [1.82, 2.24) is 5.32 Å². The van der Waals surface area contributed by atoms with Gasteiger partial charge in [0.25, 0.3) is 0 Å². The summed E-state index contributed by atoms with van der Waals surface area (Å²) in [6.07, 6.45) is 1.69. The number of nitrogens with one attached hydrogen (secondary N) is 2. The second-order valence-electron chi connectivity index (χ2n) is 7.44. The molecule has 0 bridgehead atoms. The van der Waals surface area contributed by atoms with Crippen LogP contribution in [-0.4, -0.2) is 58.0 Å². The van der Waals surface area contributed by atoms with Crippen LogP contribution in [0.15, 0.2) is 30.4 Å². The molecule has 0 aromatic heterocycles. The fourth-order valence-electron chi connectivity index (χ4n) is 2.34. The van der Waals surface area contributed by atoms with E-state index in [0.717, 1.165) is 17.0 Å². The van der Waals surface area contributed by atoms with E-state index in [-0.39, 0.29) is 18.1 Å². The number of carboxylic acids is 2. The Labute approximate surface area is 169 Å². The van der Waals surface area contributed by atoms with E-state index in [4.69, 9.17) is 14.9 Å². The molecule has 0 radical (unpaired) electrons. The summed E-state index contributed by atoms with van der Waals surface area (Å²) in [5, 5.41) is 31.7. The van der Waals surface area contributed by atoms with Crippen LogP contribution in [0.3, 0.4) is 0 Å². The zero-order valence-corrected chi connectivity index (χ0v) is 16.8. The quantitative estimate of drug-likeness (QED) is 0.426. The number of anilines is 1. The number of fused-ring (bicyclic) bond motifs is 1. The topological polar surface area (TPSA) is 145 Å². The number of β-amino-alcohol motifs (C(OH)–C–C–N with tert-alkyl or cyclic N) is 1. The average molecular weight is 408 g/mol. The number of carboxylic acid groups (broad SMARTS) is 2. The first-order valence-electron chi connectivity index (χ1n) is 9.09. The van der Waals surface area contributed by atoms with Gasteiger partial charge in [-0.25, -0.2) is 9.59 Å². The van der Waals surface area contributed by atoms with Crippen LogP contribution in [0.5, 0.6) is 5.75 Å². The molecule has 1 amide bonds. The van der Waals surface area contributed by atoms with Crippen LogP contribution in [-0.2, 0) is 20.8 Å². The maximum atomic E-state index is 11.4. The minimum atomic E-state index is -1.26. The van der Waals surface area contributed by atoms with Crippen LogP contribution in [0, 0.1) is 0 Å². The van der Waals surface area contributed by atoms with Crippen molar-refractivity contribution in [2.75, 3.05) is 18.5 Å². The van der Waals surface area contributed by atoms with Gasteiger partial charge in [-0.05, 0) is 39.3 Å². The van der Waals surface area contributed by atoms with Crippen molar-refractivity contribution in [1.29, 1.82) is 0 Å². The van der Waals surface area contributed by atoms with Crippen molar-refractivity contribution in [3.8, 4) is 5.75 Å². The van der Waals surface area contributed by atoms with Crippen molar-refractivity contribution in [3.05, 3.63) is 35.9 Å². The minimum Gasteiger partial charge on any atom is -0.490 e. The van der Waals surface area contributed by atoms with E-state index in [1.54, 1.807) is 0 Å². The van der Waals surface area contributed by atoms with Gasteiger partial charge in [0.1, 0.15) is 18.5 Å². The summed E-state index contributed by atoms with van der Waals surface area (Å²) < 4.78 is 5.73. The van der Waals surface area contributed by atoms with Crippen LogP contribution in [0.25, 0.3) is 0 Å². The molecule has 1 aromatic rings. The Balaban J connectivity index is 0.000000447. The summed E-state index contributed by atoms with van der Waals surface area (Å²) in [6, 6.07) is 5.59. The Hall–Kier alpha value is -2.91. The van der Waals surface area contributed by atoms with Crippen LogP contribution in [0.4, 0.5) is 5.69 Å². The number of benzene rings is 1. The lowest BCUT2D eigenvalue weighted by molar-refractivity contribution is -0.134. The van der Waals surface area contributed by atoms with E-state index < -0.39 is 18.0 Å². The number of rotatable bonds is 7. The molecular formula is C20H28N2O7. The highest BCUT2D eigenvalue weighted by molar-refractivity contribution is 5.94. The number of ether oxygens (including phenoxy) is 1. The molecular weight excluding hydrogens is 380 g/mol. The standard InChI is InChI=1S/C16H24N2O3.C4H4O4/c1-16(2,3)17-9-11(19)10-21-14-6-4-5-13-12(14)7-8-15(20)18-13;5-3(6)1-2-4(7)8/h4-6,11,17,19H,7-10H2,1-3H3,(H,18,20);1-2H,(H,5,6)(H,7,8)/b;2-1-. The Kier molecular flexibility index (Phi) is 9.30. The predicted molar refractivity (Wildman–Crippen MR) is 107 cm³/mol. The highest BCUT2D eigenvalue weighted by atomic mass is 16.5. The number of aliphatic hydroxyl groups excluding tert-OH is 1. The molecule has 0 saturated heterocycles. The molecule has 1 aliphatic rings. The van der Waals surface area contributed by atoms with Gasteiger partial charge in [-0.15, -0.1) is 0 Å². The molecule has 1 atom stereocenters. The molecule has 0 aliphatic carbocycles. The summed E-state index contributed by atoms with van der Waals surface area (Å²) in [7, 11) is 0. The zero-order chi connectivity index (χ0) is 22.0. The van der Waals surface area contributed by atoms with Gasteiger partial charge in [0, 0.05) is 41.9 Å². The van der Waals surface area contributed by atoms with Gasteiger partial charge in [0.2, 0.25) is 5.91 Å². The van der Waals surface area contributed by atoms with Gasteiger partial charge < -0.3 is 30.7 Å². The Morgan fingerprint density at radius 3 is 2.38 bits per heavy atom. The third-order valence-corrected chi connectivity index (χ3v) is 3.68. The lowest BCUT2D eigenvalue weighted by atomic mass is 10.0. The molecule has 1 unspecified atom stereocenters. The van der Waals surface area contributed by atoms with E-state index >= 15 is 0 Å². The van der Waals surface area contributed by atoms with Crippen LogP contribution < -0.4 is 15.4 Å². The normalized spacial score (nSPS) is 14.3. The molecule has 0 saturated carbocycles. The first kappa shape index (κ1) is 24.1. The number of carbonyl (C=O) groups is 3. The third kappa shape index (κ3) is 10.3. The lowest BCUT2D eigenvalue weighted by Crippen LogP contribution is -2.42. The van der Waals surface area contributed by atoms with Crippen molar-refractivity contribution in [2.24, 2.45) is 0 Å². The van der Waals surface area contributed by atoms with Crippen LogP contribution in [0.1, 0.15) is 32.8 Å². The highest BCUT2D eigenvalue weighted by Gasteiger charge is 2.19. The van der Waals surface area contributed by atoms with Gasteiger partial charge >= 0.3 is 11.9 Å². The number of hydrogen-bond acceptors (Lipinski definition) is 6. The second-order valence-corrected chi connectivity index (χ2v) is 7.44. The smallest absolute Gasteiger partial charge is 0.328 e. The van der Waals surface area contributed by atoms with Gasteiger partial charge in [-0.3, -0.25) is 4.79 Å². The maximum Gasteiger partial charge on any atom is 0.328 e.